The number of hydrogen-bond donors (Lipinski definition) is 0. The highest BCUT2D eigenvalue weighted by atomic mass is 31.2. The van der Waals surface area contributed by atoms with Crippen LogP contribution >= 0.6 is 7.60 Å². The Kier molecular flexibility index (Phi) is 9.83. The Hall–Kier alpha value is -2.54. The molecule has 0 radical (unpaired) electrons. The first kappa shape index (κ1) is 28.0. The van der Waals surface area contributed by atoms with Gasteiger partial charge in [-0.05, 0) is 64.4 Å². The summed E-state index contributed by atoms with van der Waals surface area (Å²) in [6.45, 7) is 11.2. The van der Waals surface area contributed by atoms with Crippen molar-refractivity contribution in [1.82, 2.24) is 4.90 Å². The van der Waals surface area contributed by atoms with Gasteiger partial charge in [-0.15, -0.1) is 0 Å². The Morgan fingerprint density at radius 1 is 0.972 bits per heavy atom. The van der Waals surface area contributed by atoms with Gasteiger partial charge in [-0.1, -0.05) is 24.3 Å². The van der Waals surface area contributed by atoms with E-state index < -0.39 is 13.2 Å². The first-order valence-electron chi connectivity index (χ1n) is 12.5. The number of hydrogen-bond acceptors (Lipinski definition) is 7. The van der Waals surface area contributed by atoms with E-state index in [1.807, 2.05) is 57.2 Å². The molecule has 198 valence electrons. The summed E-state index contributed by atoms with van der Waals surface area (Å²) < 4.78 is 41.9. The van der Waals surface area contributed by atoms with Gasteiger partial charge in [0.05, 0.1) is 18.5 Å². The number of nitrogens with zero attached hydrogens (tertiary/aromatic N) is 1. The van der Waals surface area contributed by atoms with Crippen molar-refractivity contribution in [2.45, 2.75) is 65.8 Å². The number of para-hydroxylation sites is 2. The van der Waals surface area contributed by atoms with Gasteiger partial charge < -0.3 is 28.2 Å². The van der Waals surface area contributed by atoms with E-state index in [0.717, 1.165) is 5.56 Å². The zero-order valence-electron chi connectivity index (χ0n) is 21.9. The van der Waals surface area contributed by atoms with Crippen LogP contribution in [0.15, 0.2) is 48.5 Å². The van der Waals surface area contributed by atoms with Crippen molar-refractivity contribution in [2.24, 2.45) is 0 Å². The minimum Gasteiger partial charge on any atom is -0.486 e. The molecule has 36 heavy (non-hydrogen) atoms. The molecule has 8 nitrogen and oxygen atoms in total. The number of piperidine rings is 1. The second-order valence-electron chi connectivity index (χ2n) is 9.52. The van der Waals surface area contributed by atoms with Crippen molar-refractivity contribution in [3.8, 4) is 11.5 Å². The van der Waals surface area contributed by atoms with Crippen LogP contribution in [0.1, 0.15) is 53.0 Å². The van der Waals surface area contributed by atoms with Crippen LogP contribution in [-0.2, 0) is 25.0 Å². The molecule has 1 fully saturated rings. The summed E-state index contributed by atoms with van der Waals surface area (Å²) in [4.78, 5) is 14.0. The summed E-state index contributed by atoms with van der Waals surface area (Å²) in [6.07, 6.45) is 1.10. The highest BCUT2D eigenvalue weighted by molar-refractivity contribution is 7.62. The Bertz CT molecular complexity index is 1030. The molecular formula is C27H38NO7P. The average molecular weight is 520 g/mol. The first-order valence-corrected chi connectivity index (χ1v) is 14.0. The van der Waals surface area contributed by atoms with E-state index in [2.05, 4.69) is 0 Å². The third kappa shape index (κ3) is 7.99. The Balaban J connectivity index is 1.60. The molecule has 1 amide bonds. The number of ether oxygens (including phenoxy) is 3. The number of rotatable bonds is 10. The van der Waals surface area contributed by atoms with Crippen molar-refractivity contribution in [1.29, 1.82) is 0 Å². The molecule has 9 heteroatoms. The van der Waals surface area contributed by atoms with Crippen LogP contribution in [0.5, 0.6) is 11.5 Å². The van der Waals surface area contributed by atoms with Gasteiger partial charge in [0, 0.05) is 25.9 Å². The molecular weight excluding hydrogens is 481 g/mol. The van der Waals surface area contributed by atoms with E-state index in [-0.39, 0.29) is 18.8 Å². The normalized spacial score (nSPS) is 15.0. The fourth-order valence-corrected chi connectivity index (χ4v) is 5.48. The van der Waals surface area contributed by atoms with Gasteiger partial charge in [0.1, 0.15) is 18.3 Å². The van der Waals surface area contributed by atoms with Gasteiger partial charge >= 0.3 is 13.7 Å². The topological polar surface area (TPSA) is 83.5 Å². The molecule has 0 aromatic heterocycles. The van der Waals surface area contributed by atoms with E-state index in [1.54, 1.807) is 30.9 Å². The van der Waals surface area contributed by atoms with Gasteiger partial charge in [-0.25, -0.2) is 4.79 Å². The van der Waals surface area contributed by atoms with E-state index in [9.17, 15) is 9.36 Å². The molecule has 1 saturated heterocycles. The van der Waals surface area contributed by atoms with E-state index in [1.165, 1.54) is 0 Å². The maximum absolute atomic E-state index is 13.1. The van der Waals surface area contributed by atoms with Gasteiger partial charge in [0.25, 0.3) is 0 Å². The second kappa shape index (κ2) is 12.6. The number of carbonyl (C=O) groups is 1. The van der Waals surface area contributed by atoms with Crippen LogP contribution in [0.2, 0.25) is 0 Å². The Labute approximate surface area is 214 Å². The van der Waals surface area contributed by atoms with Crippen molar-refractivity contribution in [3.63, 3.8) is 0 Å². The fraction of sp³-hybridized carbons (Fsp3) is 0.519. The summed E-state index contributed by atoms with van der Waals surface area (Å²) in [5.41, 5.74) is 0.330. The molecule has 0 spiro atoms. The monoisotopic (exact) mass is 519 g/mol. The summed E-state index contributed by atoms with van der Waals surface area (Å²) >= 11 is 0. The maximum atomic E-state index is 13.1. The standard InChI is InChI=1S/C27H38NO7P/c1-6-32-36(30,33-7-2)23-12-10-11-21(19-23)20-31-24-13-8-9-14-25(24)34-22-15-17-28(18-16-22)26(29)35-27(3,4)5/h8-14,19,22H,6-7,15-18,20H2,1-5H3. The number of carbonyl (C=O) groups excluding carboxylic acids is 1. The smallest absolute Gasteiger partial charge is 0.410 e. The summed E-state index contributed by atoms with van der Waals surface area (Å²) in [6, 6.07) is 14.8. The van der Waals surface area contributed by atoms with E-state index >= 15 is 0 Å². The molecule has 3 rings (SSSR count). The van der Waals surface area contributed by atoms with E-state index in [4.69, 9.17) is 23.3 Å². The zero-order chi connectivity index (χ0) is 26.2. The number of likely N-dealkylation sites (tertiary alicyclic amines) is 1. The lowest BCUT2D eigenvalue weighted by Crippen LogP contribution is -2.44. The molecule has 0 aliphatic carbocycles. The first-order chi connectivity index (χ1) is 17.1. The largest absolute Gasteiger partial charge is 0.486 e. The maximum Gasteiger partial charge on any atom is 0.410 e. The van der Waals surface area contributed by atoms with Crippen LogP contribution in [0.25, 0.3) is 0 Å². The number of amides is 1. The third-order valence-corrected chi connectivity index (χ3v) is 7.56. The van der Waals surface area contributed by atoms with E-state index in [0.29, 0.717) is 55.9 Å². The molecule has 0 saturated carbocycles. The molecule has 1 heterocycles. The molecule has 0 unspecified atom stereocenters. The van der Waals surface area contributed by atoms with Crippen LogP contribution in [0.3, 0.4) is 0 Å². The molecule has 1 aliphatic heterocycles. The molecule has 0 N–H and O–H groups in total. The van der Waals surface area contributed by atoms with Gasteiger partial charge in [-0.3, -0.25) is 4.57 Å². The summed E-state index contributed by atoms with van der Waals surface area (Å²) in [5.74, 6) is 1.27. The highest BCUT2D eigenvalue weighted by Gasteiger charge is 2.29. The van der Waals surface area contributed by atoms with Crippen molar-refractivity contribution in [2.75, 3.05) is 26.3 Å². The lowest BCUT2D eigenvalue weighted by Gasteiger charge is -2.33. The minimum absolute atomic E-state index is 0.0278. The highest BCUT2D eigenvalue weighted by Crippen LogP contribution is 2.46. The van der Waals surface area contributed by atoms with Gasteiger partial charge in [0.15, 0.2) is 11.5 Å². The van der Waals surface area contributed by atoms with Gasteiger partial charge in [-0.2, -0.15) is 0 Å². The van der Waals surface area contributed by atoms with Crippen LogP contribution in [0.4, 0.5) is 4.79 Å². The van der Waals surface area contributed by atoms with Crippen molar-refractivity contribution < 1.29 is 32.6 Å². The Morgan fingerprint density at radius 3 is 2.22 bits per heavy atom. The minimum atomic E-state index is -3.37. The lowest BCUT2D eigenvalue weighted by atomic mass is 10.1. The predicted octanol–water partition coefficient (Wildman–Crippen LogP) is 5.94. The van der Waals surface area contributed by atoms with Crippen LogP contribution < -0.4 is 14.8 Å². The predicted molar refractivity (Wildman–Crippen MR) is 139 cm³/mol. The zero-order valence-corrected chi connectivity index (χ0v) is 22.8. The summed E-state index contributed by atoms with van der Waals surface area (Å²) in [7, 11) is -3.37. The third-order valence-electron chi connectivity index (χ3n) is 5.46. The fourth-order valence-electron chi connectivity index (χ4n) is 3.83. The second-order valence-corrected chi connectivity index (χ2v) is 11.6. The molecule has 1 aliphatic rings. The Morgan fingerprint density at radius 2 is 1.61 bits per heavy atom. The van der Waals surface area contributed by atoms with Crippen LogP contribution in [-0.4, -0.2) is 49.0 Å². The molecule has 0 atom stereocenters. The molecule has 2 aromatic carbocycles. The SMILES string of the molecule is CCOP(=O)(OCC)c1cccc(COc2ccccc2OC2CCN(C(=O)OC(C)(C)C)CC2)c1. The van der Waals surface area contributed by atoms with Gasteiger partial charge in [0.2, 0.25) is 0 Å². The molecule has 0 bridgehead atoms. The lowest BCUT2D eigenvalue weighted by molar-refractivity contribution is 0.0123. The summed E-state index contributed by atoms with van der Waals surface area (Å²) in [5, 5.41) is 0.508. The molecule has 2 aromatic rings. The number of benzene rings is 2. The van der Waals surface area contributed by atoms with Crippen molar-refractivity contribution >= 4 is 19.0 Å². The van der Waals surface area contributed by atoms with Crippen LogP contribution in [0, 0.1) is 0 Å². The van der Waals surface area contributed by atoms with Crippen molar-refractivity contribution in [3.05, 3.63) is 54.1 Å². The quantitative estimate of drug-likeness (QED) is 0.360. The average Bonchev–Trinajstić information content (AvgIpc) is 2.83.